The number of piperidine rings is 1. The molecule has 2 aromatic heterocycles. The van der Waals surface area contributed by atoms with Gasteiger partial charge in [0.05, 0.1) is 24.2 Å². The second-order valence-electron chi connectivity index (χ2n) is 9.23. The molecule has 2 aliphatic rings. The zero-order valence-corrected chi connectivity index (χ0v) is 19.3. The first-order valence-electron chi connectivity index (χ1n) is 11.5. The van der Waals surface area contributed by atoms with Crippen molar-refractivity contribution in [1.82, 2.24) is 24.8 Å². The number of hydrogen-bond acceptors (Lipinski definition) is 7. The van der Waals surface area contributed by atoms with Crippen LogP contribution in [0.15, 0.2) is 61.4 Å². The van der Waals surface area contributed by atoms with Crippen molar-refractivity contribution in [2.45, 2.75) is 25.6 Å². The number of benzene rings is 1. The standard InChI is InChI=1S/C25H24F3N5O3/c26-25(27,28)19-9-21(11-29-10-19)36-23(34)33-7-5-24(6-8-33)15-32(16-24)14-18-1-3-20(4-2-18)35-22-12-30-17-31-13-22/h1-4,9-13,17H,5-8,14-16H2. The molecule has 8 nitrogen and oxygen atoms in total. The number of pyridine rings is 1. The first-order chi connectivity index (χ1) is 17.3. The third-order valence-electron chi connectivity index (χ3n) is 6.55. The Morgan fingerprint density at radius 2 is 1.58 bits per heavy atom. The lowest BCUT2D eigenvalue weighted by molar-refractivity contribution is -0.137. The predicted octanol–water partition coefficient (Wildman–Crippen LogP) is 4.78. The second-order valence-corrected chi connectivity index (χ2v) is 9.23. The zero-order chi connectivity index (χ0) is 25.2. The number of hydrogen-bond donors (Lipinski definition) is 0. The van der Waals surface area contributed by atoms with Gasteiger partial charge < -0.3 is 14.4 Å². The summed E-state index contributed by atoms with van der Waals surface area (Å²) in [6.45, 7) is 3.72. The van der Waals surface area contributed by atoms with Gasteiger partial charge >= 0.3 is 12.3 Å². The average molecular weight is 499 g/mol. The van der Waals surface area contributed by atoms with Crippen LogP contribution in [0.5, 0.6) is 17.2 Å². The highest BCUT2D eigenvalue weighted by Gasteiger charge is 2.45. The summed E-state index contributed by atoms with van der Waals surface area (Å²) >= 11 is 0. The number of aromatic nitrogens is 3. The Morgan fingerprint density at radius 3 is 2.25 bits per heavy atom. The normalized spacial score (nSPS) is 17.5. The van der Waals surface area contributed by atoms with Gasteiger partial charge in [-0.15, -0.1) is 0 Å². The number of ether oxygens (including phenoxy) is 2. The van der Waals surface area contributed by atoms with E-state index in [9.17, 15) is 18.0 Å². The molecule has 1 spiro atoms. The highest BCUT2D eigenvalue weighted by Crippen LogP contribution is 2.41. The van der Waals surface area contributed by atoms with Crippen molar-refractivity contribution in [3.05, 3.63) is 72.6 Å². The van der Waals surface area contributed by atoms with Crippen LogP contribution < -0.4 is 9.47 Å². The van der Waals surface area contributed by atoms with Gasteiger partial charge in [-0.05, 0) is 42.0 Å². The molecule has 1 aromatic carbocycles. The fourth-order valence-corrected chi connectivity index (χ4v) is 4.68. The van der Waals surface area contributed by atoms with Crippen LogP contribution in [0.2, 0.25) is 0 Å². The Kier molecular flexibility index (Phi) is 6.48. The van der Waals surface area contributed by atoms with Crippen LogP contribution in [0.4, 0.5) is 18.0 Å². The molecule has 2 fully saturated rings. The smallest absolute Gasteiger partial charge is 0.418 e. The number of likely N-dealkylation sites (tertiary alicyclic amines) is 2. The maximum Gasteiger partial charge on any atom is 0.418 e. The van der Waals surface area contributed by atoms with Gasteiger partial charge in [-0.2, -0.15) is 13.2 Å². The highest BCUT2D eigenvalue weighted by atomic mass is 19.4. The maximum atomic E-state index is 12.9. The minimum atomic E-state index is -4.55. The molecule has 11 heteroatoms. The van der Waals surface area contributed by atoms with Crippen molar-refractivity contribution in [1.29, 1.82) is 0 Å². The molecule has 0 radical (unpaired) electrons. The van der Waals surface area contributed by atoms with Gasteiger partial charge in [0.15, 0.2) is 11.5 Å². The fourth-order valence-electron chi connectivity index (χ4n) is 4.68. The zero-order valence-electron chi connectivity index (χ0n) is 19.3. The Labute approximate surface area is 205 Å². The third-order valence-corrected chi connectivity index (χ3v) is 6.55. The molecule has 0 aliphatic carbocycles. The molecular weight excluding hydrogens is 475 g/mol. The number of amides is 1. The largest absolute Gasteiger partial charge is 0.454 e. The van der Waals surface area contributed by atoms with E-state index in [0.29, 0.717) is 30.8 Å². The van der Waals surface area contributed by atoms with Gasteiger partial charge in [-0.3, -0.25) is 9.88 Å². The van der Waals surface area contributed by atoms with Crippen LogP contribution in [0.3, 0.4) is 0 Å². The van der Waals surface area contributed by atoms with Crippen LogP contribution in [0.1, 0.15) is 24.0 Å². The Balaban J connectivity index is 1.07. The van der Waals surface area contributed by atoms with Crippen LogP contribution in [0.25, 0.3) is 0 Å². The molecular formula is C25H24F3N5O3. The average Bonchev–Trinajstić information content (AvgIpc) is 2.85. The molecule has 2 saturated heterocycles. The van der Waals surface area contributed by atoms with E-state index >= 15 is 0 Å². The van der Waals surface area contributed by atoms with Crippen molar-refractivity contribution in [2.24, 2.45) is 5.41 Å². The van der Waals surface area contributed by atoms with Crippen molar-refractivity contribution < 1.29 is 27.4 Å². The number of rotatable bonds is 5. The third kappa shape index (κ3) is 5.56. The SMILES string of the molecule is O=C(Oc1cncc(C(F)(F)F)c1)N1CCC2(CC1)CN(Cc1ccc(Oc3cncnc3)cc1)C2. The summed E-state index contributed by atoms with van der Waals surface area (Å²) in [6.07, 6.45) is 2.93. The summed E-state index contributed by atoms with van der Waals surface area (Å²) in [5.41, 5.74) is 0.385. The topological polar surface area (TPSA) is 80.7 Å². The number of nitrogens with zero attached hydrogens (tertiary/aromatic N) is 5. The molecule has 5 rings (SSSR count). The van der Waals surface area contributed by atoms with Crippen molar-refractivity contribution >= 4 is 6.09 Å². The van der Waals surface area contributed by atoms with E-state index in [1.54, 1.807) is 17.3 Å². The van der Waals surface area contributed by atoms with Gasteiger partial charge in [0.1, 0.15) is 12.1 Å². The van der Waals surface area contributed by atoms with Crippen molar-refractivity contribution in [3.63, 3.8) is 0 Å². The molecule has 188 valence electrons. The Hall–Kier alpha value is -3.73. The lowest BCUT2D eigenvalue weighted by Crippen LogP contribution is -2.60. The van der Waals surface area contributed by atoms with Crippen molar-refractivity contribution in [2.75, 3.05) is 26.2 Å². The molecule has 0 atom stereocenters. The molecule has 0 bridgehead atoms. The minimum absolute atomic E-state index is 0.158. The minimum Gasteiger partial charge on any atom is -0.454 e. The number of halogens is 3. The molecule has 4 heterocycles. The van der Waals surface area contributed by atoms with E-state index in [1.807, 2.05) is 24.3 Å². The predicted molar refractivity (Wildman–Crippen MR) is 122 cm³/mol. The first kappa shape index (κ1) is 24.0. The quantitative estimate of drug-likeness (QED) is 0.500. The maximum absolute atomic E-state index is 12.9. The number of carbonyl (C=O) groups is 1. The van der Waals surface area contributed by atoms with Crippen LogP contribution >= 0.6 is 0 Å². The van der Waals surface area contributed by atoms with E-state index < -0.39 is 17.8 Å². The Morgan fingerprint density at radius 1 is 0.917 bits per heavy atom. The van der Waals surface area contributed by atoms with Gasteiger partial charge in [-0.1, -0.05) is 12.1 Å². The van der Waals surface area contributed by atoms with E-state index in [0.717, 1.165) is 44.7 Å². The van der Waals surface area contributed by atoms with E-state index in [2.05, 4.69) is 19.9 Å². The second kappa shape index (κ2) is 9.73. The van der Waals surface area contributed by atoms with Gasteiger partial charge in [-0.25, -0.2) is 14.8 Å². The molecule has 0 N–H and O–H groups in total. The lowest BCUT2D eigenvalue weighted by Gasteiger charge is -2.54. The van der Waals surface area contributed by atoms with E-state index in [4.69, 9.17) is 9.47 Å². The van der Waals surface area contributed by atoms with Gasteiger partial charge in [0.25, 0.3) is 0 Å². The number of alkyl halides is 3. The summed E-state index contributed by atoms with van der Waals surface area (Å²) in [5.74, 6) is 1.09. The van der Waals surface area contributed by atoms with Crippen LogP contribution in [-0.2, 0) is 12.7 Å². The van der Waals surface area contributed by atoms with E-state index in [-0.39, 0.29) is 11.2 Å². The monoisotopic (exact) mass is 499 g/mol. The fraction of sp³-hybridized carbons (Fsp3) is 0.360. The summed E-state index contributed by atoms with van der Waals surface area (Å²) in [4.78, 5) is 27.8. The molecule has 3 aromatic rings. The highest BCUT2D eigenvalue weighted by molar-refractivity contribution is 5.70. The molecule has 1 amide bonds. The summed E-state index contributed by atoms with van der Waals surface area (Å²) in [6, 6.07) is 8.69. The van der Waals surface area contributed by atoms with E-state index in [1.165, 1.54) is 11.9 Å². The lowest BCUT2D eigenvalue weighted by atomic mass is 9.72. The Bertz CT molecular complexity index is 1190. The summed E-state index contributed by atoms with van der Waals surface area (Å²) < 4.78 is 49.4. The molecule has 0 saturated carbocycles. The first-order valence-corrected chi connectivity index (χ1v) is 11.5. The van der Waals surface area contributed by atoms with Gasteiger partial charge in [0, 0.05) is 38.9 Å². The molecule has 2 aliphatic heterocycles. The van der Waals surface area contributed by atoms with Gasteiger partial charge in [0.2, 0.25) is 0 Å². The van der Waals surface area contributed by atoms with Crippen LogP contribution in [-0.4, -0.2) is 57.0 Å². The summed E-state index contributed by atoms with van der Waals surface area (Å²) in [5, 5.41) is 0. The van der Waals surface area contributed by atoms with Crippen LogP contribution in [0, 0.1) is 5.41 Å². The molecule has 0 unspecified atom stereocenters. The summed E-state index contributed by atoms with van der Waals surface area (Å²) in [7, 11) is 0. The van der Waals surface area contributed by atoms with Crippen molar-refractivity contribution in [3.8, 4) is 17.2 Å². The number of carbonyl (C=O) groups excluding carboxylic acids is 1. The molecule has 36 heavy (non-hydrogen) atoms.